The first-order valence-electron chi connectivity index (χ1n) is 6.67. The molecule has 19 heavy (non-hydrogen) atoms. The van der Waals surface area contributed by atoms with E-state index in [9.17, 15) is 9.90 Å². The molecule has 2 rings (SSSR count). The maximum atomic E-state index is 11.3. The van der Waals surface area contributed by atoms with Gasteiger partial charge in [0.2, 0.25) is 0 Å². The van der Waals surface area contributed by atoms with Crippen LogP contribution >= 0.6 is 0 Å². The number of nitrogens with zero attached hydrogens (tertiary/aromatic N) is 1. The zero-order valence-corrected chi connectivity index (χ0v) is 11.8. The van der Waals surface area contributed by atoms with Crippen molar-refractivity contribution in [1.82, 2.24) is 5.32 Å². The minimum Gasteiger partial charge on any atom is -0.394 e. The maximum absolute atomic E-state index is 11.3. The first-order chi connectivity index (χ1) is 8.95. The Kier molecular flexibility index (Phi) is 3.92. The molecule has 1 atom stereocenters. The van der Waals surface area contributed by atoms with Gasteiger partial charge in [0.05, 0.1) is 12.6 Å². The molecule has 0 spiro atoms. The topological polar surface area (TPSA) is 52.6 Å². The summed E-state index contributed by atoms with van der Waals surface area (Å²) in [4.78, 5) is 13.6. The third kappa shape index (κ3) is 2.80. The quantitative estimate of drug-likeness (QED) is 0.809. The number of hydrogen-bond donors (Lipinski definition) is 2. The predicted octanol–water partition coefficient (Wildman–Crippen LogP) is 1.44. The number of carbonyl (C=O) groups is 1. The molecule has 0 radical (unpaired) electrons. The normalized spacial score (nSPS) is 22.3. The molecule has 1 aliphatic rings. The number of aliphatic hydroxyl groups is 1. The SMILES string of the molecule is CC(=O)c1ccc(N2C(CO)CNCC2(C)C)cc1. The van der Waals surface area contributed by atoms with Crippen LogP contribution in [0.1, 0.15) is 31.1 Å². The first-order valence-corrected chi connectivity index (χ1v) is 6.67. The Bertz CT molecular complexity index is 454. The average Bonchev–Trinajstić information content (AvgIpc) is 2.37. The number of carbonyl (C=O) groups excluding carboxylic acids is 1. The van der Waals surface area contributed by atoms with E-state index in [1.165, 1.54) is 0 Å². The lowest BCUT2D eigenvalue weighted by atomic mass is 9.95. The lowest BCUT2D eigenvalue weighted by molar-refractivity contribution is 0.101. The molecule has 0 amide bonds. The van der Waals surface area contributed by atoms with E-state index in [0.717, 1.165) is 24.3 Å². The van der Waals surface area contributed by atoms with Crippen molar-refractivity contribution in [2.75, 3.05) is 24.6 Å². The van der Waals surface area contributed by atoms with Crippen LogP contribution in [0.3, 0.4) is 0 Å². The van der Waals surface area contributed by atoms with Crippen LogP contribution in [0, 0.1) is 0 Å². The second-order valence-electron chi connectivity index (χ2n) is 5.75. The Morgan fingerprint density at radius 3 is 2.58 bits per heavy atom. The van der Waals surface area contributed by atoms with Gasteiger partial charge in [0.15, 0.2) is 5.78 Å². The Morgan fingerprint density at radius 2 is 2.05 bits per heavy atom. The van der Waals surface area contributed by atoms with Crippen LogP contribution < -0.4 is 10.2 Å². The van der Waals surface area contributed by atoms with Crippen molar-refractivity contribution in [2.24, 2.45) is 0 Å². The molecule has 1 aromatic rings. The van der Waals surface area contributed by atoms with Crippen molar-refractivity contribution < 1.29 is 9.90 Å². The van der Waals surface area contributed by atoms with Gasteiger partial charge in [0.25, 0.3) is 0 Å². The van der Waals surface area contributed by atoms with Gasteiger partial charge >= 0.3 is 0 Å². The van der Waals surface area contributed by atoms with E-state index in [-0.39, 0.29) is 24.0 Å². The smallest absolute Gasteiger partial charge is 0.159 e. The van der Waals surface area contributed by atoms with Crippen LogP contribution in [0.5, 0.6) is 0 Å². The standard InChI is InChI=1S/C15H22N2O2/c1-11(19)12-4-6-13(7-5-12)17-14(9-18)8-16-10-15(17,2)3/h4-7,14,16,18H,8-10H2,1-3H3. The minimum absolute atomic E-state index is 0.0620. The number of ketones is 1. The molecular weight excluding hydrogens is 240 g/mol. The minimum atomic E-state index is -0.0661. The first kappa shape index (κ1) is 14.0. The molecule has 1 heterocycles. The largest absolute Gasteiger partial charge is 0.394 e. The van der Waals surface area contributed by atoms with Crippen LogP contribution in [-0.2, 0) is 0 Å². The van der Waals surface area contributed by atoms with Crippen molar-refractivity contribution in [2.45, 2.75) is 32.4 Å². The van der Waals surface area contributed by atoms with E-state index < -0.39 is 0 Å². The molecule has 104 valence electrons. The lowest BCUT2D eigenvalue weighted by Crippen LogP contribution is -2.64. The van der Waals surface area contributed by atoms with Gasteiger partial charge in [-0.1, -0.05) is 0 Å². The molecule has 4 heteroatoms. The number of nitrogens with one attached hydrogen (secondary N) is 1. The number of Topliss-reactive ketones (excluding diaryl/α,β-unsaturated/α-hetero) is 1. The summed E-state index contributed by atoms with van der Waals surface area (Å²) >= 11 is 0. The Morgan fingerprint density at radius 1 is 1.42 bits per heavy atom. The van der Waals surface area contributed by atoms with Crippen LogP contribution in [0.4, 0.5) is 5.69 Å². The van der Waals surface area contributed by atoms with Crippen LogP contribution in [0.2, 0.25) is 0 Å². The van der Waals surface area contributed by atoms with Gasteiger partial charge in [-0.3, -0.25) is 4.79 Å². The molecule has 2 N–H and O–H groups in total. The molecule has 0 saturated carbocycles. The summed E-state index contributed by atoms with van der Waals surface area (Å²) in [5.74, 6) is 0.0739. The highest BCUT2D eigenvalue weighted by Gasteiger charge is 2.35. The third-order valence-corrected chi connectivity index (χ3v) is 3.72. The highest BCUT2D eigenvalue weighted by atomic mass is 16.3. The fourth-order valence-corrected chi connectivity index (χ4v) is 2.78. The maximum Gasteiger partial charge on any atom is 0.159 e. The molecule has 0 aliphatic carbocycles. The van der Waals surface area contributed by atoms with E-state index in [2.05, 4.69) is 24.1 Å². The second-order valence-corrected chi connectivity index (χ2v) is 5.75. The summed E-state index contributed by atoms with van der Waals surface area (Å²) in [7, 11) is 0. The van der Waals surface area contributed by atoms with Crippen LogP contribution in [-0.4, -0.2) is 42.2 Å². The molecule has 1 aliphatic heterocycles. The summed E-state index contributed by atoms with van der Waals surface area (Å²) in [6, 6.07) is 7.69. The Labute approximate surface area is 114 Å². The predicted molar refractivity (Wildman–Crippen MR) is 76.7 cm³/mol. The van der Waals surface area contributed by atoms with Crippen molar-refractivity contribution >= 4 is 11.5 Å². The summed E-state index contributed by atoms with van der Waals surface area (Å²) in [6.45, 7) is 7.64. The summed E-state index contributed by atoms with van der Waals surface area (Å²) in [5.41, 5.74) is 1.71. The van der Waals surface area contributed by atoms with E-state index >= 15 is 0 Å². The number of hydrogen-bond acceptors (Lipinski definition) is 4. The molecule has 1 fully saturated rings. The van der Waals surface area contributed by atoms with Gasteiger partial charge in [0, 0.05) is 29.9 Å². The van der Waals surface area contributed by atoms with Gasteiger partial charge in [-0.05, 0) is 45.0 Å². The second kappa shape index (κ2) is 5.31. The molecule has 1 saturated heterocycles. The van der Waals surface area contributed by atoms with E-state index in [4.69, 9.17) is 0 Å². The van der Waals surface area contributed by atoms with Crippen LogP contribution in [0.25, 0.3) is 0 Å². The van der Waals surface area contributed by atoms with Crippen molar-refractivity contribution in [3.8, 4) is 0 Å². The van der Waals surface area contributed by atoms with Gasteiger partial charge in [0.1, 0.15) is 0 Å². The molecule has 4 nitrogen and oxygen atoms in total. The zero-order chi connectivity index (χ0) is 14.0. The van der Waals surface area contributed by atoms with E-state index in [1.807, 2.05) is 24.3 Å². The monoisotopic (exact) mass is 262 g/mol. The highest BCUT2D eigenvalue weighted by molar-refractivity contribution is 5.94. The summed E-state index contributed by atoms with van der Waals surface area (Å²) < 4.78 is 0. The van der Waals surface area contributed by atoms with E-state index in [0.29, 0.717) is 0 Å². The summed E-state index contributed by atoms with van der Waals surface area (Å²) in [6.07, 6.45) is 0. The number of benzene rings is 1. The van der Waals surface area contributed by atoms with Gasteiger partial charge in [-0.2, -0.15) is 0 Å². The number of rotatable bonds is 3. The summed E-state index contributed by atoms with van der Waals surface area (Å²) in [5, 5.41) is 12.9. The lowest BCUT2D eigenvalue weighted by Gasteiger charge is -2.49. The molecule has 0 bridgehead atoms. The molecule has 1 aromatic carbocycles. The zero-order valence-electron chi connectivity index (χ0n) is 11.8. The average molecular weight is 262 g/mol. The van der Waals surface area contributed by atoms with Gasteiger partial charge < -0.3 is 15.3 Å². The Hall–Kier alpha value is -1.39. The fraction of sp³-hybridized carbons (Fsp3) is 0.533. The van der Waals surface area contributed by atoms with Gasteiger partial charge in [-0.15, -0.1) is 0 Å². The van der Waals surface area contributed by atoms with Crippen molar-refractivity contribution in [1.29, 1.82) is 0 Å². The fourth-order valence-electron chi connectivity index (χ4n) is 2.78. The number of anilines is 1. The molecule has 1 unspecified atom stereocenters. The number of piperazine rings is 1. The van der Waals surface area contributed by atoms with Crippen LogP contribution in [0.15, 0.2) is 24.3 Å². The molecular formula is C15H22N2O2. The van der Waals surface area contributed by atoms with Crippen molar-refractivity contribution in [3.63, 3.8) is 0 Å². The van der Waals surface area contributed by atoms with Crippen molar-refractivity contribution in [3.05, 3.63) is 29.8 Å². The highest BCUT2D eigenvalue weighted by Crippen LogP contribution is 2.28. The number of aliphatic hydroxyl groups excluding tert-OH is 1. The van der Waals surface area contributed by atoms with E-state index in [1.54, 1.807) is 6.92 Å². The third-order valence-electron chi connectivity index (χ3n) is 3.72. The molecule has 0 aromatic heterocycles. The van der Waals surface area contributed by atoms with Gasteiger partial charge in [-0.25, -0.2) is 0 Å². The Balaban J connectivity index is 2.33.